The van der Waals surface area contributed by atoms with Gasteiger partial charge >= 0.3 is 0 Å². The number of ketones is 1. The zero-order valence-corrected chi connectivity index (χ0v) is 12.9. The molecular weight excluding hydrogens is 290 g/mol. The Labute approximate surface area is 135 Å². The standard InChI is InChI=1S/C19H19NO3/c21-19(14-6-2-1-3-7-14)17-8-4-5-9-18(17)20(10-15-12-22-15)11-16-13-23-16/h1-9,15-16H,10-13H2. The Hall–Kier alpha value is -2.17. The molecule has 0 aromatic heterocycles. The molecule has 2 atom stereocenters. The maximum atomic E-state index is 12.9. The summed E-state index contributed by atoms with van der Waals surface area (Å²) in [5, 5.41) is 0. The Morgan fingerprint density at radius 3 is 2.09 bits per heavy atom. The molecule has 2 aromatic rings. The van der Waals surface area contributed by atoms with E-state index < -0.39 is 0 Å². The molecular formula is C19H19NO3. The molecule has 0 amide bonds. The molecule has 4 heteroatoms. The maximum Gasteiger partial charge on any atom is 0.195 e. The van der Waals surface area contributed by atoms with E-state index in [4.69, 9.17) is 9.47 Å². The first-order valence-corrected chi connectivity index (χ1v) is 7.98. The zero-order chi connectivity index (χ0) is 15.6. The van der Waals surface area contributed by atoms with Gasteiger partial charge in [-0.25, -0.2) is 0 Å². The lowest BCUT2D eigenvalue weighted by molar-refractivity contribution is 0.103. The Morgan fingerprint density at radius 2 is 1.48 bits per heavy atom. The minimum atomic E-state index is 0.0552. The maximum absolute atomic E-state index is 12.9. The van der Waals surface area contributed by atoms with Crippen molar-refractivity contribution in [3.8, 4) is 0 Å². The van der Waals surface area contributed by atoms with E-state index in [1.807, 2.05) is 54.6 Å². The van der Waals surface area contributed by atoms with E-state index in [1.54, 1.807) is 0 Å². The fourth-order valence-electron chi connectivity index (χ4n) is 2.80. The molecule has 0 radical (unpaired) electrons. The lowest BCUT2D eigenvalue weighted by Gasteiger charge is -2.25. The molecule has 2 heterocycles. The number of hydrogen-bond acceptors (Lipinski definition) is 4. The molecule has 2 aliphatic rings. The first-order valence-electron chi connectivity index (χ1n) is 7.98. The molecule has 2 aliphatic heterocycles. The van der Waals surface area contributed by atoms with Crippen molar-refractivity contribution in [2.75, 3.05) is 31.2 Å². The normalized spacial score (nSPS) is 21.7. The van der Waals surface area contributed by atoms with Gasteiger partial charge in [0.2, 0.25) is 0 Å². The zero-order valence-electron chi connectivity index (χ0n) is 12.9. The van der Waals surface area contributed by atoms with Gasteiger partial charge in [-0.3, -0.25) is 4.79 Å². The van der Waals surface area contributed by atoms with Crippen LogP contribution in [0.25, 0.3) is 0 Å². The number of hydrogen-bond donors (Lipinski definition) is 0. The van der Waals surface area contributed by atoms with Crippen molar-refractivity contribution < 1.29 is 14.3 Å². The number of nitrogens with zero attached hydrogens (tertiary/aromatic N) is 1. The van der Waals surface area contributed by atoms with E-state index in [0.29, 0.717) is 5.56 Å². The van der Waals surface area contributed by atoms with E-state index in [1.165, 1.54) is 0 Å². The van der Waals surface area contributed by atoms with Gasteiger partial charge < -0.3 is 14.4 Å². The highest BCUT2D eigenvalue weighted by atomic mass is 16.6. The molecule has 2 saturated heterocycles. The van der Waals surface area contributed by atoms with Crippen LogP contribution in [0.3, 0.4) is 0 Å². The van der Waals surface area contributed by atoms with Crippen LogP contribution >= 0.6 is 0 Å². The molecule has 0 saturated carbocycles. The molecule has 4 nitrogen and oxygen atoms in total. The third-order valence-corrected chi connectivity index (χ3v) is 4.18. The van der Waals surface area contributed by atoms with Crippen LogP contribution in [0, 0.1) is 0 Å². The smallest absolute Gasteiger partial charge is 0.195 e. The highest BCUT2D eigenvalue weighted by Crippen LogP contribution is 2.27. The second-order valence-electron chi connectivity index (χ2n) is 6.03. The summed E-state index contributed by atoms with van der Waals surface area (Å²) in [5.74, 6) is 0.0552. The average Bonchev–Trinajstić information content (AvgIpc) is 3.51. The molecule has 2 unspecified atom stereocenters. The largest absolute Gasteiger partial charge is 0.371 e. The van der Waals surface area contributed by atoms with Crippen molar-refractivity contribution >= 4 is 11.5 Å². The summed E-state index contributed by atoms with van der Waals surface area (Å²) in [4.78, 5) is 15.1. The van der Waals surface area contributed by atoms with E-state index in [2.05, 4.69) is 4.90 Å². The van der Waals surface area contributed by atoms with E-state index >= 15 is 0 Å². The molecule has 0 bridgehead atoms. The van der Waals surface area contributed by atoms with Crippen LogP contribution in [0.5, 0.6) is 0 Å². The Bertz CT molecular complexity index is 679. The van der Waals surface area contributed by atoms with Crippen LogP contribution in [0.2, 0.25) is 0 Å². The monoisotopic (exact) mass is 309 g/mol. The summed E-state index contributed by atoms with van der Waals surface area (Å²) in [7, 11) is 0. The molecule has 0 aliphatic carbocycles. The van der Waals surface area contributed by atoms with Gasteiger partial charge in [0.25, 0.3) is 0 Å². The molecule has 0 spiro atoms. The van der Waals surface area contributed by atoms with Gasteiger partial charge in [-0.1, -0.05) is 42.5 Å². The summed E-state index contributed by atoms with van der Waals surface area (Å²) < 4.78 is 10.8. The van der Waals surface area contributed by atoms with Gasteiger partial charge in [0.05, 0.1) is 25.4 Å². The van der Waals surface area contributed by atoms with Crippen molar-refractivity contribution in [1.82, 2.24) is 0 Å². The van der Waals surface area contributed by atoms with E-state index in [0.717, 1.165) is 37.6 Å². The Balaban J connectivity index is 1.65. The highest BCUT2D eigenvalue weighted by Gasteiger charge is 2.32. The Morgan fingerprint density at radius 1 is 0.913 bits per heavy atom. The summed E-state index contributed by atoms with van der Waals surface area (Å²) in [5.41, 5.74) is 2.41. The van der Waals surface area contributed by atoms with Crippen molar-refractivity contribution in [1.29, 1.82) is 0 Å². The molecule has 2 fully saturated rings. The number of carbonyl (C=O) groups excluding carboxylic acids is 1. The average molecular weight is 309 g/mol. The number of rotatable bonds is 7. The minimum Gasteiger partial charge on any atom is -0.371 e. The summed E-state index contributed by atoms with van der Waals surface area (Å²) >= 11 is 0. The molecule has 118 valence electrons. The fraction of sp³-hybridized carbons (Fsp3) is 0.316. The van der Waals surface area contributed by atoms with Crippen LogP contribution in [0.1, 0.15) is 15.9 Å². The van der Waals surface area contributed by atoms with Crippen molar-refractivity contribution in [3.05, 3.63) is 65.7 Å². The lowest BCUT2D eigenvalue weighted by Crippen LogP contribution is -2.32. The number of ether oxygens (including phenoxy) is 2. The van der Waals surface area contributed by atoms with Crippen molar-refractivity contribution in [2.24, 2.45) is 0 Å². The number of benzene rings is 2. The highest BCUT2D eigenvalue weighted by molar-refractivity contribution is 6.12. The third-order valence-electron chi connectivity index (χ3n) is 4.18. The van der Waals surface area contributed by atoms with Gasteiger partial charge in [-0.05, 0) is 12.1 Å². The van der Waals surface area contributed by atoms with Gasteiger partial charge in [-0.2, -0.15) is 0 Å². The van der Waals surface area contributed by atoms with Gasteiger partial charge in [0, 0.05) is 29.9 Å². The van der Waals surface area contributed by atoms with Gasteiger partial charge in [-0.15, -0.1) is 0 Å². The Kier molecular flexibility index (Phi) is 3.85. The van der Waals surface area contributed by atoms with Crippen LogP contribution in [0.15, 0.2) is 54.6 Å². The molecule has 2 aromatic carbocycles. The summed E-state index contributed by atoms with van der Waals surface area (Å²) in [6.45, 7) is 3.21. The van der Waals surface area contributed by atoms with Crippen LogP contribution in [-0.4, -0.2) is 44.3 Å². The second-order valence-corrected chi connectivity index (χ2v) is 6.03. The number of anilines is 1. The predicted molar refractivity (Wildman–Crippen MR) is 88.0 cm³/mol. The fourth-order valence-corrected chi connectivity index (χ4v) is 2.80. The molecule has 0 N–H and O–H groups in total. The minimum absolute atomic E-state index is 0.0552. The number of epoxide rings is 2. The lowest BCUT2D eigenvalue weighted by atomic mass is 10.0. The molecule has 4 rings (SSSR count). The quantitative estimate of drug-likeness (QED) is 0.582. The van der Waals surface area contributed by atoms with Crippen LogP contribution in [0.4, 0.5) is 5.69 Å². The van der Waals surface area contributed by atoms with E-state index in [-0.39, 0.29) is 18.0 Å². The SMILES string of the molecule is O=C(c1ccccc1)c1ccccc1N(CC1CO1)CC1CO1. The van der Waals surface area contributed by atoms with Gasteiger partial charge in [0.1, 0.15) is 0 Å². The van der Waals surface area contributed by atoms with Gasteiger partial charge in [0.15, 0.2) is 5.78 Å². The topological polar surface area (TPSA) is 45.4 Å². The van der Waals surface area contributed by atoms with Crippen molar-refractivity contribution in [3.63, 3.8) is 0 Å². The summed E-state index contributed by atoms with van der Waals surface area (Å²) in [6.07, 6.45) is 0.544. The first kappa shape index (κ1) is 14.4. The first-order chi connectivity index (χ1) is 11.3. The molecule has 23 heavy (non-hydrogen) atoms. The second kappa shape index (κ2) is 6.14. The third kappa shape index (κ3) is 3.44. The van der Waals surface area contributed by atoms with Crippen molar-refractivity contribution in [2.45, 2.75) is 12.2 Å². The number of carbonyl (C=O) groups is 1. The number of para-hydroxylation sites is 1. The van der Waals surface area contributed by atoms with E-state index in [9.17, 15) is 4.79 Å². The van der Waals surface area contributed by atoms with Crippen LogP contribution in [-0.2, 0) is 9.47 Å². The van der Waals surface area contributed by atoms with Crippen LogP contribution < -0.4 is 4.90 Å². The summed E-state index contributed by atoms with van der Waals surface area (Å²) in [6, 6.07) is 17.2. The predicted octanol–water partition coefficient (Wildman–Crippen LogP) is 2.52.